The van der Waals surface area contributed by atoms with Gasteiger partial charge in [0.2, 0.25) is 0 Å². The quantitative estimate of drug-likeness (QED) is 0.767. The normalized spacial score (nSPS) is 20.7. The lowest BCUT2D eigenvalue weighted by Crippen LogP contribution is -2.41. The molecule has 0 N–H and O–H groups in total. The Kier molecular flexibility index (Phi) is 4.98. The van der Waals surface area contributed by atoms with Gasteiger partial charge in [-0.2, -0.15) is 0 Å². The lowest BCUT2D eigenvalue weighted by atomic mass is 10.1. The summed E-state index contributed by atoms with van der Waals surface area (Å²) in [7, 11) is -2.84. The van der Waals surface area contributed by atoms with Crippen molar-refractivity contribution in [2.75, 3.05) is 31.6 Å². The molecule has 0 amide bonds. The SMILES string of the molecule is CC(C)(C)OC1CCN(CCS(C)(=O)=O)CC1. The smallest absolute Gasteiger partial charge is 0.148 e. The number of hydrogen-bond acceptors (Lipinski definition) is 4. The van der Waals surface area contributed by atoms with E-state index in [0.717, 1.165) is 25.9 Å². The first kappa shape index (κ1) is 14.9. The van der Waals surface area contributed by atoms with Crippen LogP contribution >= 0.6 is 0 Å². The van der Waals surface area contributed by atoms with E-state index in [0.29, 0.717) is 12.6 Å². The average Bonchev–Trinajstić information content (AvgIpc) is 2.13. The third-order valence-corrected chi connectivity index (χ3v) is 3.76. The van der Waals surface area contributed by atoms with E-state index in [1.54, 1.807) is 0 Å². The Bertz CT molecular complexity index is 324. The molecule has 102 valence electrons. The summed E-state index contributed by atoms with van der Waals surface area (Å²) >= 11 is 0. The highest BCUT2D eigenvalue weighted by molar-refractivity contribution is 7.90. The number of hydrogen-bond donors (Lipinski definition) is 0. The highest BCUT2D eigenvalue weighted by atomic mass is 32.2. The molecule has 0 aromatic heterocycles. The Morgan fingerprint density at radius 1 is 1.24 bits per heavy atom. The van der Waals surface area contributed by atoms with Crippen molar-refractivity contribution in [3.8, 4) is 0 Å². The maximum absolute atomic E-state index is 11.1. The van der Waals surface area contributed by atoms with Gasteiger partial charge in [0.25, 0.3) is 0 Å². The Balaban J connectivity index is 2.27. The van der Waals surface area contributed by atoms with Gasteiger partial charge in [-0.3, -0.25) is 0 Å². The summed E-state index contributed by atoms with van der Waals surface area (Å²) in [5.41, 5.74) is -0.0837. The summed E-state index contributed by atoms with van der Waals surface area (Å²) in [5.74, 6) is 0.262. The molecule has 17 heavy (non-hydrogen) atoms. The number of ether oxygens (including phenoxy) is 1. The van der Waals surface area contributed by atoms with Gasteiger partial charge in [-0.05, 0) is 33.6 Å². The van der Waals surface area contributed by atoms with Crippen LogP contribution in [0.3, 0.4) is 0 Å². The molecule has 0 unspecified atom stereocenters. The Labute approximate surface area is 105 Å². The second kappa shape index (κ2) is 5.67. The third kappa shape index (κ3) is 7.01. The van der Waals surface area contributed by atoms with Gasteiger partial charge in [0, 0.05) is 25.9 Å². The van der Waals surface area contributed by atoms with E-state index in [1.165, 1.54) is 6.26 Å². The van der Waals surface area contributed by atoms with E-state index in [-0.39, 0.29) is 11.4 Å². The maximum atomic E-state index is 11.1. The van der Waals surface area contributed by atoms with Gasteiger partial charge in [0.05, 0.1) is 17.5 Å². The van der Waals surface area contributed by atoms with Crippen molar-refractivity contribution in [2.45, 2.75) is 45.3 Å². The monoisotopic (exact) mass is 263 g/mol. The highest BCUT2D eigenvalue weighted by Gasteiger charge is 2.24. The number of nitrogens with zero attached hydrogens (tertiary/aromatic N) is 1. The summed E-state index contributed by atoms with van der Waals surface area (Å²) < 4.78 is 28.1. The molecule has 0 radical (unpaired) electrons. The van der Waals surface area contributed by atoms with E-state index >= 15 is 0 Å². The van der Waals surface area contributed by atoms with E-state index < -0.39 is 9.84 Å². The zero-order valence-corrected chi connectivity index (χ0v) is 12.2. The molecule has 0 aromatic carbocycles. The van der Waals surface area contributed by atoms with Crippen LogP contribution in [0.1, 0.15) is 33.6 Å². The van der Waals surface area contributed by atoms with Crippen LogP contribution in [-0.4, -0.2) is 56.7 Å². The molecule has 0 aliphatic carbocycles. The summed E-state index contributed by atoms with van der Waals surface area (Å²) in [5, 5.41) is 0. The van der Waals surface area contributed by atoms with Crippen LogP contribution in [-0.2, 0) is 14.6 Å². The van der Waals surface area contributed by atoms with Crippen molar-refractivity contribution in [3.05, 3.63) is 0 Å². The predicted molar refractivity (Wildman–Crippen MR) is 70.0 cm³/mol. The van der Waals surface area contributed by atoms with Crippen LogP contribution in [0.4, 0.5) is 0 Å². The van der Waals surface area contributed by atoms with Crippen LogP contribution in [0.15, 0.2) is 0 Å². The van der Waals surface area contributed by atoms with Gasteiger partial charge >= 0.3 is 0 Å². The second-order valence-electron chi connectivity index (χ2n) is 5.90. The van der Waals surface area contributed by atoms with Gasteiger partial charge in [-0.25, -0.2) is 8.42 Å². The Hall–Kier alpha value is -0.130. The van der Waals surface area contributed by atoms with Crippen LogP contribution in [0.5, 0.6) is 0 Å². The Morgan fingerprint density at radius 2 is 1.76 bits per heavy atom. The van der Waals surface area contributed by atoms with Crippen molar-refractivity contribution in [1.82, 2.24) is 4.90 Å². The van der Waals surface area contributed by atoms with Gasteiger partial charge in [0.1, 0.15) is 9.84 Å². The van der Waals surface area contributed by atoms with Gasteiger partial charge < -0.3 is 9.64 Å². The van der Waals surface area contributed by atoms with Crippen molar-refractivity contribution in [1.29, 1.82) is 0 Å². The summed E-state index contributed by atoms with van der Waals surface area (Å²) in [6.45, 7) is 8.75. The molecular weight excluding hydrogens is 238 g/mol. The van der Waals surface area contributed by atoms with Crippen LogP contribution in [0, 0.1) is 0 Å². The van der Waals surface area contributed by atoms with E-state index in [4.69, 9.17) is 4.74 Å². The molecule has 4 nitrogen and oxygen atoms in total. The lowest BCUT2D eigenvalue weighted by Gasteiger charge is -2.35. The van der Waals surface area contributed by atoms with Gasteiger partial charge in [-0.15, -0.1) is 0 Å². The van der Waals surface area contributed by atoms with Gasteiger partial charge in [-0.1, -0.05) is 0 Å². The second-order valence-corrected chi connectivity index (χ2v) is 8.16. The highest BCUT2D eigenvalue weighted by Crippen LogP contribution is 2.19. The predicted octanol–water partition coefficient (Wildman–Crippen LogP) is 1.31. The molecule has 5 heteroatoms. The van der Waals surface area contributed by atoms with Crippen molar-refractivity contribution < 1.29 is 13.2 Å². The molecule has 0 bridgehead atoms. The first-order valence-corrected chi connectivity index (χ1v) is 8.30. The molecular formula is C12H25NO3S. The first-order valence-electron chi connectivity index (χ1n) is 6.24. The zero-order chi connectivity index (χ0) is 13.1. The molecule has 0 spiro atoms. The molecule has 1 rings (SSSR count). The molecule has 1 heterocycles. The lowest BCUT2D eigenvalue weighted by molar-refractivity contribution is -0.0815. The molecule has 1 saturated heterocycles. The fourth-order valence-electron chi connectivity index (χ4n) is 2.05. The van der Waals surface area contributed by atoms with E-state index in [9.17, 15) is 8.42 Å². The summed E-state index contributed by atoms with van der Waals surface area (Å²) in [6.07, 6.45) is 3.62. The molecule has 1 fully saturated rings. The van der Waals surface area contributed by atoms with Crippen LogP contribution in [0.2, 0.25) is 0 Å². The minimum Gasteiger partial charge on any atom is -0.373 e. The summed E-state index contributed by atoms with van der Waals surface area (Å²) in [4.78, 5) is 2.21. The third-order valence-electron chi connectivity index (χ3n) is 2.83. The first-order chi connectivity index (χ1) is 7.66. The van der Waals surface area contributed by atoms with E-state index in [1.807, 2.05) is 0 Å². The summed E-state index contributed by atoms with van der Waals surface area (Å²) in [6, 6.07) is 0. The number of sulfone groups is 1. The van der Waals surface area contributed by atoms with Crippen LogP contribution in [0.25, 0.3) is 0 Å². The van der Waals surface area contributed by atoms with Gasteiger partial charge in [0.15, 0.2) is 0 Å². The van der Waals surface area contributed by atoms with Crippen LogP contribution < -0.4 is 0 Å². The largest absolute Gasteiger partial charge is 0.373 e. The fraction of sp³-hybridized carbons (Fsp3) is 1.00. The number of rotatable bonds is 4. The average molecular weight is 263 g/mol. The molecule has 0 aromatic rings. The minimum absolute atomic E-state index is 0.0837. The molecule has 1 aliphatic heterocycles. The zero-order valence-electron chi connectivity index (χ0n) is 11.4. The Morgan fingerprint density at radius 3 is 2.18 bits per heavy atom. The molecule has 1 aliphatic rings. The van der Waals surface area contributed by atoms with Crippen molar-refractivity contribution >= 4 is 9.84 Å². The van der Waals surface area contributed by atoms with E-state index in [2.05, 4.69) is 25.7 Å². The standard InChI is InChI=1S/C12H25NO3S/c1-12(2,3)16-11-5-7-13(8-6-11)9-10-17(4,14)15/h11H,5-10H2,1-4H3. The topological polar surface area (TPSA) is 46.6 Å². The van der Waals surface area contributed by atoms with Crippen molar-refractivity contribution in [3.63, 3.8) is 0 Å². The maximum Gasteiger partial charge on any atom is 0.148 e. The fourth-order valence-corrected chi connectivity index (χ4v) is 2.64. The minimum atomic E-state index is -2.84. The molecule has 0 saturated carbocycles. The number of likely N-dealkylation sites (tertiary alicyclic amines) is 1. The molecule has 0 atom stereocenters. The number of piperidine rings is 1. The van der Waals surface area contributed by atoms with Crippen molar-refractivity contribution in [2.24, 2.45) is 0 Å².